The van der Waals surface area contributed by atoms with Gasteiger partial charge in [0.15, 0.2) is 0 Å². The van der Waals surface area contributed by atoms with E-state index in [-0.39, 0.29) is 5.02 Å². The van der Waals surface area contributed by atoms with Gasteiger partial charge in [-0.1, -0.05) is 11.6 Å². The molecule has 1 atom stereocenters. The van der Waals surface area contributed by atoms with Crippen LogP contribution in [0.4, 0.5) is 10.1 Å². The molecule has 4 rings (SSSR count). The molecule has 3 aromatic rings. The zero-order valence-electron chi connectivity index (χ0n) is 13.7. The average Bonchev–Trinajstić information content (AvgIpc) is 2.61. The second-order valence-corrected chi connectivity index (χ2v) is 6.49. The van der Waals surface area contributed by atoms with Crippen molar-refractivity contribution < 1.29 is 9.13 Å². The second-order valence-electron chi connectivity index (χ2n) is 6.08. The minimum absolute atomic E-state index is 0.239. The number of anilines is 1. The van der Waals surface area contributed by atoms with Crippen molar-refractivity contribution in [2.75, 3.05) is 24.7 Å². The van der Waals surface area contributed by atoms with Gasteiger partial charge in [0, 0.05) is 35.3 Å². The molecule has 1 fully saturated rings. The Hall–Kier alpha value is -2.24. The third-order valence-electron chi connectivity index (χ3n) is 4.44. The van der Waals surface area contributed by atoms with Gasteiger partial charge < -0.3 is 9.64 Å². The van der Waals surface area contributed by atoms with Gasteiger partial charge in [-0.05, 0) is 37.3 Å². The summed E-state index contributed by atoms with van der Waals surface area (Å²) in [6, 6.07) is 11.9. The number of fused-ring (bicyclic) bond motifs is 1. The lowest BCUT2D eigenvalue weighted by Crippen LogP contribution is -2.43. The number of rotatable bonds is 2. The van der Waals surface area contributed by atoms with E-state index in [9.17, 15) is 4.39 Å². The molecule has 0 spiro atoms. The number of aromatic nitrogens is 2. The highest BCUT2D eigenvalue weighted by Gasteiger charge is 2.20. The van der Waals surface area contributed by atoms with Crippen LogP contribution in [0.5, 0.6) is 0 Å². The molecule has 1 radical (unpaired) electrons. The normalized spacial score (nSPS) is 17.9. The largest absolute Gasteiger partial charge is 0.377 e. The summed E-state index contributed by atoms with van der Waals surface area (Å²) in [5.74, 6) is -0.422. The minimum atomic E-state index is -0.422. The smallest absolute Gasteiger partial charge is 0.134 e. The molecule has 4 nitrogen and oxygen atoms in total. The Bertz CT molecular complexity index is 934. The quantitative estimate of drug-likeness (QED) is 0.692. The van der Waals surface area contributed by atoms with Gasteiger partial charge in [0.1, 0.15) is 12.1 Å². The van der Waals surface area contributed by atoms with Crippen molar-refractivity contribution in [2.24, 2.45) is 0 Å². The maximum absolute atomic E-state index is 14.3. The summed E-state index contributed by atoms with van der Waals surface area (Å²) in [5.41, 5.74) is 2.76. The van der Waals surface area contributed by atoms with Crippen molar-refractivity contribution in [1.29, 1.82) is 0 Å². The van der Waals surface area contributed by atoms with Gasteiger partial charge in [-0.3, -0.25) is 0 Å². The van der Waals surface area contributed by atoms with E-state index in [1.54, 1.807) is 0 Å². The van der Waals surface area contributed by atoms with Gasteiger partial charge >= 0.3 is 0 Å². The second kappa shape index (κ2) is 6.58. The van der Waals surface area contributed by atoms with Gasteiger partial charge in [-0.15, -0.1) is 0 Å². The molecule has 0 amide bonds. The van der Waals surface area contributed by atoms with Crippen molar-refractivity contribution in [1.82, 2.24) is 9.97 Å². The fraction of sp³-hybridized carbons (Fsp3) is 0.263. The van der Waals surface area contributed by atoms with Gasteiger partial charge in [0.25, 0.3) is 0 Å². The van der Waals surface area contributed by atoms with Crippen LogP contribution >= 0.6 is 11.6 Å². The summed E-state index contributed by atoms with van der Waals surface area (Å²) in [6.07, 6.45) is 1.46. The van der Waals surface area contributed by atoms with Gasteiger partial charge in [-0.25, -0.2) is 14.4 Å². The van der Waals surface area contributed by atoms with Crippen LogP contribution in [0.2, 0.25) is 5.02 Å². The first-order chi connectivity index (χ1) is 12.1. The highest BCUT2D eigenvalue weighted by molar-refractivity contribution is 6.30. The third kappa shape index (κ3) is 3.05. The lowest BCUT2D eigenvalue weighted by molar-refractivity contribution is 0.0989. The molecule has 1 aliphatic heterocycles. The van der Waals surface area contributed by atoms with Crippen LogP contribution in [0.3, 0.4) is 0 Å². The van der Waals surface area contributed by atoms with Crippen LogP contribution < -0.4 is 4.90 Å². The van der Waals surface area contributed by atoms with E-state index < -0.39 is 5.82 Å². The lowest BCUT2D eigenvalue weighted by atomic mass is 10.0. The van der Waals surface area contributed by atoms with E-state index >= 15 is 0 Å². The van der Waals surface area contributed by atoms with Crippen LogP contribution in [0.1, 0.15) is 6.92 Å². The van der Waals surface area contributed by atoms with Crippen LogP contribution in [0, 0.1) is 11.9 Å². The molecule has 0 bridgehead atoms. The Morgan fingerprint density at radius 2 is 2.20 bits per heavy atom. The first kappa shape index (κ1) is 16.2. The van der Waals surface area contributed by atoms with E-state index in [1.807, 2.05) is 18.2 Å². The van der Waals surface area contributed by atoms with E-state index in [0.29, 0.717) is 30.5 Å². The highest BCUT2D eigenvalue weighted by atomic mass is 35.5. The number of hydrogen-bond acceptors (Lipinski definition) is 4. The Morgan fingerprint density at radius 3 is 3.00 bits per heavy atom. The lowest BCUT2D eigenvalue weighted by Gasteiger charge is -2.35. The Morgan fingerprint density at radius 1 is 1.32 bits per heavy atom. The molecule has 0 N–H and O–H groups in total. The number of ether oxygens (including phenoxy) is 1. The van der Waals surface area contributed by atoms with Crippen molar-refractivity contribution in [3.8, 4) is 11.3 Å². The Labute approximate surface area is 150 Å². The first-order valence-electron chi connectivity index (χ1n) is 8.10. The number of hydrogen-bond donors (Lipinski definition) is 0. The molecule has 1 saturated heterocycles. The van der Waals surface area contributed by atoms with Crippen LogP contribution in [-0.2, 0) is 4.74 Å². The molecule has 1 aromatic heterocycles. The van der Waals surface area contributed by atoms with Crippen molar-refractivity contribution in [3.05, 3.63) is 53.6 Å². The van der Waals surface area contributed by atoms with Crippen LogP contribution in [-0.4, -0.2) is 35.8 Å². The molecule has 6 heteroatoms. The van der Waals surface area contributed by atoms with E-state index in [1.165, 1.54) is 18.5 Å². The summed E-state index contributed by atoms with van der Waals surface area (Å²) in [5, 5.41) is 1.03. The van der Waals surface area contributed by atoms with Gasteiger partial charge in [0.2, 0.25) is 0 Å². The predicted octanol–water partition coefficient (Wildman–Crippen LogP) is 4.11. The summed E-state index contributed by atoms with van der Waals surface area (Å²) in [7, 11) is 0. The summed E-state index contributed by atoms with van der Waals surface area (Å²) >= 11 is 5.80. The molecular weight excluding hydrogens is 341 g/mol. The molecule has 0 saturated carbocycles. The summed E-state index contributed by atoms with van der Waals surface area (Å²) in [4.78, 5) is 10.9. The number of halogens is 2. The van der Waals surface area contributed by atoms with Gasteiger partial charge in [-0.2, -0.15) is 0 Å². The maximum atomic E-state index is 14.3. The zero-order chi connectivity index (χ0) is 17.4. The highest BCUT2D eigenvalue weighted by Crippen LogP contribution is 2.31. The topological polar surface area (TPSA) is 38.2 Å². The number of morpholine rings is 1. The fourth-order valence-corrected chi connectivity index (χ4v) is 3.32. The van der Waals surface area contributed by atoms with Crippen molar-refractivity contribution in [2.45, 2.75) is 13.0 Å². The maximum Gasteiger partial charge on any atom is 0.134 e. The number of nitrogens with zero attached hydrogens (tertiary/aromatic N) is 3. The number of benzene rings is 2. The van der Waals surface area contributed by atoms with E-state index in [2.05, 4.69) is 27.9 Å². The summed E-state index contributed by atoms with van der Waals surface area (Å²) in [6.45, 7) is 4.39. The molecule has 0 unspecified atom stereocenters. The van der Waals surface area contributed by atoms with Gasteiger partial charge in [0.05, 0.1) is 29.4 Å². The van der Waals surface area contributed by atoms with Crippen molar-refractivity contribution >= 4 is 28.2 Å². The molecule has 1 aliphatic rings. The molecule has 2 aromatic carbocycles. The predicted molar refractivity (Wildman–Crippen MR) is 96.4 cm³/mol. The standard InChI is InChI=1S/C19H16ClFN3O/c1-12-10-25-7-6-24(12)14-3-5-16-18(9-14)22-11-23-19(16)15-4-2-13(20)8-17(15)21/h3-5,8-9,11-12H,6-7,10H2,1H3/t12-/m1/s1. The minimum Gasteiger partial charge on any atom is -0.377 e. The summed E-state index contributed by atoms with van der Waals surface area (Å²) < 4.78 is 19.8. The monoisotopic (exact) mass is 356 g/mol. The Balaban J connectivity index is 1.80. The first-order valence-corrected chi connectivity index (χ1v) is 8.47. The zero-order valence-corrected chi connectivity index (χ0v) is 14.4. The van der Waals surface area contributed by atoms with E-state index in [0.717, 1.165) is 23.1 Å². The fourth-order valence-electron chi connectivity index (χ4n) is 3.17. The van der Waals surface area contributed by atoms with E-state index in [4.69, 9.17) is 16.3 Å². The third-order valence-corrected chi connectivity index (χ3v) is 4.66. The molecular formula is C19H16ClFN3O. The SMILES string of the molecule is C[C@@H]1COCCN1c1ccc2c(-c3c[c]c(Cl)cc3F)ncnc2c1. The van der Waals surface area contributed by atoms with Crippen LogP contribution in [0.15, 0.2) is 36.7 Å². The molecule has 127 valence electrons. The average molecular weight is 357 g/mol. The molecule has 0 aliphatic carbocycles. The molecule has 2 heterocycles. The Kier molecular flexibility index (Phi) is 4.27. The van der Waals surface area contributed by atoms with Crippen LogP contribution in [0.25, 0.3) is 22.2 Å². The molecule has 25 heavy (non-hydrogen) atoms. The van der Waals surface area contributed by atoms with Crippen molar-refractivity contribution in [3.63, 3.8) is 0 Å².